The Morgan fingerprint density at radius 3 is 2.46 bits per heavy atom. The van der Waals surface area contributed by atoms with Crippen LogP contribution in [0.25, 0.3) is 0 Å². The molecule has 1 aromatic heterocycles. The molecule has 1 saturated carbocycles. The summed E-state index contributed by atoms with van der Waals surface area (Å²) in [6.07, 6.45) is 11.0. The molecular weight excluding hydrogens is 354 g/mol. The first-order chi connectivity index (χ1) is 13.4. The Labute approximate surface area is 168 Å². The lowest BCUT2D eigenvalue weighted by Crippen LogP contribution is -2.45. The van der Waals surface area contributed by atoms with E-state index in [1.165, 1.54) is 6.42 Å². The molecule has 3 rings (SSSR count). The second kappa shape index (κ2) is 8.93. The summed E-state index contributed by atoms with van der Waals surface area (Å²) < 4.78 is 5.68. The van der Waals surface area contributed by atoms with Crippen molar-refractivity contribution in [3.8, 4) is 0 Å². The molecule has 0 spiro atoms. The van der Waals surface area contributed by atoms with Crippen LogP contribution >= 0.6 is 0 Å². The topological polar surface area (TPSA) is 62.7 Å². The Morgan fingerprint density at radius 2 is 1.86 bits per heavy atom. The molecule has 1 aromatic rings. The highest BCUT2D eigenvalue weighted by molar-refractivity contribution is 5.87. The monoisotopic (exact) mass is 387 g/mol. The van der Waals surface area contributed by atoms with Crippen LogP contribution in [-0.2, 0) is 9.53 Å². The fraction of sp³-hybridized carbons (Fsp3) is 0.682. The Morgan fingerprint density at radius 1 is 1.14 bits per heavy atom. The Hall–Kier alpha value is -2.11. The summed E-state index contributed by atoms with van der Waals surface area (Å²) in [7, 11) is 0. The van der Waals surface area contributed by atoms with Gasteiger partial charge >= 0.3 is 6.09 Å². The molecule has 1 saturated heterocycles. The molecule has 2 fully saturated rings. The van der Waals surface area contributed by atoms with E-state index in [1.807, 2.05) is 44.0 Å². The number of carbonyl (C=O) groups excluding carboxylic acids is 2. The third-order valence-electron chi connectivity index (χ3n) is 5.61. The van der Waals surface area contributed by atoms with Gasteiger partial charge in [0.25, 0.3) is 0 Å². The number of anilines is 1. The summed E-state index contributed by atoms with van der Waals surface area (Å²) in [4.78, 5) is 32.6. The minimum atomic E-state index is -0.545. The average molecular weight is 388 g/mol. The van der Waals surface area contributed by atoms with Crippen molar-refractivity contribution >= 4 is 18.3 Å². The van der Waals surface area contributed by atoms with Gasteiger partial charge in [-0.3, -0.25) is 9.69 Å². The van der Waals surface area contributed by atoms with Crippen LogP contribution in [0.2, 0.25) is 0 Å². The highest BCUT2D eigenvalue weighted by atomic mass is 16.6. The molecule has 0 aromatic carbocycles. The molecule has 154 valence electrons. The van der Waals surface area contributed by atoms with E-state index < -0.39 is 5.60 Å². The molecule has 6 nitrogen and oxygen atoms in total. The maximum Gasteiger partial charge on any atom is 0.416 e. The van der Waals surface area contributed by atoms with Gasteiger partial charge in [-0.1, -0.05) is 25.3 Å². The van der Waals surface area contributed by atoms with Gasteiger partial charge in [-0.25, -0.2) is 9.78 Å². The smallest absolute Gasteiger partial charge is 0.416 e. The molecule has 1 aliphatic carbocycles. The van der Waals surface area contributed by atoms with Crippen molar-refractivity contribution in [2.75, 3.05) is 11.4 Å². The summed E-state index contributed by atoms with van der Waals surface area (Å²) in [6.45, 7) is 6.45. The largest absolute Gasteiger partial charge is 0.443 e. The van der Waals surface area contributed by atoms with Crippen molar-refractivity contribution in [2.45, 2.75) is 89.8 Å². The predicted octanol–water partition coefficient (Wildman–Crippen LogP) is 4.84. The van der Waals surface area contributed by atoms with Gasteiger partial charge in [0.05, 0.1) is 6.04 Å². The van der Waals surface area contributed by atoms with Gasteiger partial charge in [-0.15, -0.1) is 0 Å². The van der Waals surface area contributed by atoms with Gasteiger partial charge in [0.15, 0.2) is 0 Å². The van der Waals surface area contributed by atoms with Gasteiger partial charge in [0, 0.05) is 18.8 Å². The fourth-order valence-electron chi connectivity index (χ4n) is 4.26. The third kappa shape index (κ3) is 5.03. The normalized spacial score (nSPS) is 21.2. The van der Waals surface area contributed by atoms with E-state index in [0.717, 1.165) is 63.5 Å². The maximum absolute atomic E-state index is 13.0. The summed E-state index contributed by atoms with van der Waals surface area (Å²) in [5.41, 5.74) is 0.486. The van der Waals surface area contributed by atoms with Crippen LogP contribution in [0.4, 0.5) is 10.6 Å². The number of hydrogen-bond acceptors (Lipinski definition) is 4. The highest BCUT2D eigenvalue weighted by Crippen LogP contribution is 2.32. The van der Waals surface area contributed by atoms with E-state index in [2.05, 4.69) is 4.98 Å². The first-order valence-electron chi connectivity index (χ1n) is 10.6. The lowest BCUT2D eigenvalue weighted by atomic mass is 9.94. The zero-order chi connectivity index (χ0) is 20.1. The summed E-state index contributed by atoms with van der Waals surface area (Å²) >= 11 is 0. The quantitative estimate of drug-likeness (QED) is 0.694. The van der Waals surface area contributed by atoms with Crippen LogP contribution < -0.4 is 4.90 Å². The molecule has 0 bridgehead atoms. The average Bonchev–Trinajstić information content (AvgIpc) is 2.68. The SMILES string of the molecule is CC(C)(C)OC(=O)N(c1ccc([C@@H]2CCCCN2C=O)cn1)C1CCCCC1. The van der Waals surface area contributed by atoms with Crippen molar-refractivity contribution in [1.29, 1.82) is 0 Å². The van der Waals surface area contributed by atoms with Gasteiger partial charge in [-0.2, -0.15) is 0 Å². The molecule has 1 aliphatic heterocycles. The lowest BCUT2D eigenvalue weighted by molar-refractivity contribution is -0.121. The van der Waals surface area contributed by atoms with Crippen LogP contribution in [-0.4, -0.2) is 40.6 Å². The van der Waals surface area contributed by atoms with Crippen LogP contribution in [0.5, 0.6) is 0 Å². The third-order valence-corrected chi connectivity index (χ3v) is 5.61. The first-order valence-corrected chi connectivity index (χ1v) is 10.6. The second-order valence-electron chi connectivity index (χ2n) is 8.95. The predicted molar refractivity (Wildman–Crippen MR) is 109 cm³/mol. The molecule has 2 aliphatic rings. The van der Waals surface area contributed by atoms with Crippen molar-refractivity contribution < 1.29 is 14.3 Å². The maximum atomic E-state index is 13.0. The van der Waals surface area contributed by atoms with Crippen LogP contribution in [0, 0.1) is 0 Å². The van der Waals surface area contributed by atoms with Crippen molar-refractivity contribution in [2.24, 2.45) is 0 Å². The number of rotatable bonds is 4. The van der Waals surface area contributed by atoms with E-state index >= 15 is 0 Å². The van der Waals surface area contributed by atoms with Gasteiger partial charge in [-0.05, 0) is 64.5 Å². The number of piperidine rings is 1. The number of likely N-dealkylation sites (tertiary alicyclic amines) is 1. The molecule has 2 amide bonds. The molecule has 6 heteroatoms. The van der Waals surface area contributed by atoms with Gasteiger partial charge in [0.2, 0.25) is 6.41 Å². The highest BCUT2D eigenvalue weighted by Gasteiger charge is 2.32. The van der Waals surface area contributed by atoms with Crippen molar-refractivity contribution in [1.82, 2.24) is 9.88 Å². The number of amides is 2. The van der Waals surface area contributed by atoms with Crippen molar-refractivity contribution in [3.63, 3.8) is 0 Å². The number of hydrogen-bond donors (Lipinski definition) is 0. The Kier molecular flexibility index (Phi) is 6.57. The summed E-state index contributed by atoms with van der Waals surface area (Å²) in [5, 5.41) is 0. The summed E-state index contributed by atoms with van der Waals surface area (Å²) in [5.74, 6) is 0.637. The van der Waals surface area contributed by atoms with Crippen LogP contribution in [0.3, 0.4) is 0 Å². The molecule has 0 unspecified atom stereocenters. The van der Waals surface area contributed by atoms with Crippen LogP contribution in [0.1, 0.15) is 83.7 Å². The first kappa shape index (κ1) is 20.6. The molecule has 0 N–H and O–H groups in total. The molecule has 1 atom stereocenters. The zero-order valence-electron chi connectivity index (χ0n) is 17.4. The minimum Gasteiger partial charge on any atom is -0.443 e. The van der Waals surface area contributed by atoms with E-state index in [-0.39, 0.29) is 18.2 Å². The zero-order valence-corrected chi connectivity index (χ0v) is 17.4. The Balaban J connectivity index is 1.83. The van der Waals surface area contributed by atoms with Gasteiger partial charge in [0.1, 0.15) is 11.4 Å². The second-order valence-corrected chi connectivity index (χ2v) is 8.95. The van der Waals surface area contributed by atoms with E-state index in [1.54, 1.807) is 4.90 Å². The van der Waals surface area contributed by atoms with E-state index in [4.69, 9.17) is 4.74 Å². The number of carbonyl (C=O) groups is 2. The molecule has 2 heterocycles. The van der Waals surface area contributed by atoms with E-state index in [0.29, 0.717) is 5.82 Å². The fourth-order valence-corrected chi connectivity index (χ4v) is 4.26. The lowest BCUT2D eigenvalue weighted by Gasteiger charge is -2.35. The number of nitrogens with zero attached hydrogens (tertiary/aromatic N) is 3. The molecule has 0 radical (unpaired) electrons. The molecule has 28 heavy (non-hydrogen) atoms. The van der Waals surface area contributed by atoms with Crippen LogP contribution in [0.15, 0.2) is 18.3 Å². The van der Waals surface area contributed by atoms with Crippen molar-refractivity contribution in [3.05, 3.63) is 23.9 Å². The number of pyridine rings is 1. The number of aromatic nitrogens is 1. The van der Waals surface area contributed by atoms with Gasteiger partial charge < -0.3 is 9.64 Å². The molecular formula is C22H33N3O3. The standard InChI is InChI=1S/C22H33N3O3/c1-22(2,3)28-21(27)25(18-9-5-4-6-10-18)20-13-12-17(15-23-20)19-11-7-8-14-24(19)16-26/h12-13,15-16,18-19H,4-11,14H2,1-3H3/t19-/m0/s1. The summed E-state index contributed by atoms with van der Waals surface area (Å²) in [6, 6.07) is 4.13. The minimum absolute atomic E-state index is 0.0810. The van der Waals surface area contributed by atoms with E-state index in [9.17, 15) is 9.59 Å². The number of ether oxygens (including phenoxy) is 1. The Bertz CT molecular complexity index is 663.